The molecular formula is C18H21N7O2. The van der Waals surface area contributed by atoms with Crippen molar-refractivity contribution in [1.29, 1.82) is 0 Å². The summed E-state index contributed by atoms with van der Waals surface area (Å²) < 4.78 is 2.01. The summed E-state index contributed by atoms with van der Waals surface area (Å²) >= 11 is 0. The van der Waals surface area contributed by atoms with Crippen LogP contribution in [0, 0.1) is 0 Å². The van der Waals surface area contributed by atoms with E-state index in [0.29, 0.717) is 12.2 Å². The first kappa shape index (κ1) is 18.2. The largest absolute Gasteiger partial charge is 0.368 e. The van der Waals surface area contributed by atoms with Crippen LogP contribution in [0.3, 0.4) is 0 Å². The SMILES string of the molecule is CC[C@@H](Nc1cnc(C(N)=O)c(Nc2ccc3c(ccn3C)c2)n1)C(N)=O. The average Bonchev–Trinajstić information content (AvgIpc) is 2.99. The van der Waals surface area contributed by atoms with Gasteiger partial charge in [0.05, 0.1) is 6.20 Å². The zero-order valence-corrected chi connectivity index (χ0v) is 15.1. The molecular weight excluding hydrogens is 346 g/mol. The molecule has 140 valence electrons. The van der Waals surface area contributed by atoms with Crippen molar-refractivity contribution in [3.05, 3.63) is 42.4 Å². The topological polar surface area (TPSA) is 141 Å². The first-order valence-electron chi connectivity index (χ1n) is 8.44. The fraction of sp³-hybridized carbons (Fsp3) is 0.222. The highest BCUT2D eigenvalue weighted by Crippen LogP contribution is 2.24. The molecule has 0 bridgehead atoms. The summed E-state index contributed by atoms with van der Waals surface area (Å²) in [5.74, 6) is -0.697. The summed E-state index contributed by atoms with van der Waals surface area (Å²) in [6.07, 6.45) is 3.79. The zero-order valence-electron chi connectivity index (χ0n) is 15.1. The lowest BCUT2D eigenvalue weighted by molar-refractivity contribution is -0.118. The highest BCUT2D eigenvalue weighted by molar-refractivity contribution is 5.97. The van der Waals surface area contributed by atoms with Crippen molar-refractivity contribution in [2.24, 2.45) is 18.5 Å². The maximum Gasteiger partial charge on any atom is 0.271 e. The van der Waals surface area contributed by atoms with Crippen LogP contribution < -0.4 is 22.1 Å². The third-order valence-electron chi connectivity index (χ3n) is 4.23. The number of rotatable bonds is 7. The Morgan fingerprint density at radius 1 is 1.26 bits per heavy atom. The molecule has 2 amide bonds. The van der Waals surface area contributed by atoms with Crippen molar-refractivity contribution in [2.75, 3.05) is 10.6 Å². The van der Waals surface area contributed by atoms with Gasteiger partial charge in [-0.25, -0.2) is 9.97 Å². The number of primary amides is 2. The molecule has 0 saturated carbocycles. The van der Waals surface area contributed by atoms with Gasteiger partial charge in [0, 0.05) is 29.8 Å². The molecule has 0 spiro atoms. The van der Waals surface area contributed by atoms with E-state index >= 15 is 0 Å². The lowest BCUT2D eigenvalue weighted by Crippen LogP contribution is -2.35. The number of fused-ring (bicyclic) bond motifs is 1. The molecule has 0 fully saturated rings. The molecule has 0 radical (unpaired) electrons. The normalized spacial score (nSPS) is 11.9. The number of benzene rings is 1. The van der Waals surface area contributed by atoms with Crippen LogP contribution in [0.15, 0.2) is 36.7 Å². The predicted octanol–water partition coefficient (Wildman–Crippen LogP) is 1.49. The van der Waals surface area contributed by atoms with E-state index in [-0.39, 0.29) is 11.5 Å². The third-order valence-corrected chi connectivity index (χ3v) is 4.23. The molecule has 0 unspecified atom stereocenters. The van der Waals surface area contributed by atoms with Gasteiger partial charge in [-0.15, -0.1) is 0 Å². The van der Waals surface area contributed by atoms with Crippen molar-refractivity contribution in [3.8, 4) is 0 Å². The van der Waals surface area contributed by atoms with E-state index in [1.165, 1.54) is 6.20 Å². The van der Waals surface area contributed by atoms with Gasteiger partial charge >= 0.3 is 0 Å². The molecule has 0 aliphatic carbocycles. The molecule has 2 aromatic heterocycles. The van der Waals surface area contributed by atoms with Crippen LogP contribution in [0.1, 0.15) is 23.8 Å². The summed E-state index contributed by atoms with van der Waals surface area (Å²) in [6, 6.07) is 7.15. The monoisotopic (exact) mass is 367 g/mol. The molecule has 9 heteroatoms. The van der Waals surface area contributed by atoms with Crippen LogP contribution in [-0.4, -0.2) is 32.4 Å². The number of hydrogen-bond donors (Lipinski definition) is 4. The second-order valence-electron chi connectivity index (χ2n) is 6.15. The van der Waals surface area contributed by atoms with Crippen molar-refractivity contribution >= 4 is 40.0 Å². The number of nitrogens with two attached hydrogens (primary N) is 2. The number of nitrogens with zero attached hydrogens (tertiary/aromatic N) is 3. The van der Waals surface area contributed by atoms with Crippen LogP contribution in [-0.2, 0) is 11.8 Å². The molecule has 1 atom stereocenters. The van der Waals surface area contributed by atoms with Gasteiger partial charge in [-0.1, -0.05) is 6.92 Å². The average molecular weight is 367 g/mol. The van der Waals surface area contributed by atoms with E-state index in [4.69, 9.17) is 11.5 Å². The van der Waals surface area contributed by atoms with Gasteiger partial charge in [-0.3, -0.25) is 9.59 Å². The Morgan fingerprint density at radius 3 is 2.70 bits per heavy atom. The molecule has 3 rings (SSSR count). The summed E-state index contributed by atoms with van der Waals surface area (Å²) in [6.45, 7) is 1.82. The lowest BCUT2D eigenvalue weighted by Gasteiger charge is -2.15. The lowest BCUT2D eigenvalue weighted by atomic mass is 10.2. The molecule has 9 nitrogen and oxygen atoms in total. The third kappa shape index (κ3) is 3.81. The summed E-state index contributed by atoms with van der Waals surface area (Å²) in [7, 11) is 1.96. The van der Waals surface area contributed by atoms with Gasteiger partial charge in [-0.2, -0.15) is 0 Å². The standard InChI is InChI=1S/C18H21N7O2/c1-3-12(16(19)26)23-14-9-21-15(17(20)27)18(24-14)22-11-4-5-13-10(8-11)6-7-25(13)2/h4-9,12H,3H2,1-2H3,(H2,19,26)(H2,20,27)(H2,22,23,24)/t12-/m1/s1. The predicted molar refractivity (Wildman–Crippen MR) is 104 cm³/mol. The van der Waals surface area contributed by atoms with Crippen LogP contribution in [0.4, 0.5) is 17.3 Å². The number of carbonyl (C=O) groups is 2. The molecule has 6 N–H and O–H groups in total. The quantitative estimate of drug-likeness (QED) is 0.498. The highest BCUT2D eigenvalue weighted by Gasteiger charge is 2.17. The summed E-state index contributed by atoms with van der Waals surface area (Å²) in [4.78, 5) is 31.6. The van der Waals surface area contributed by atoms with E-state index in [1.54, 1.807) is 0 Å². The molecule has 0 aliphatic heterocycles. The number of amides is 2. The minimum atomic E-state index is -0.709. The van der Waals surface area contributed by atoms with Crippen LogP contribution >= 0.6 is 0 Å². The fourth-order valence-corrected chi connectivity index (χ4v) is 2.78. The van der Waals surface area contributed by atoms with E-state index in [0.717, 1.165) is 16.6 Å². The summed E-state index contributed by atoms with van der Waals surface area (Å²) in [5.41, 5.74) is 12.6. The van der Waals surface area contributed by atoms with Gasteiger partial charge in [0.25, 0.3) is 5.91 Å². The number of nitrogens with one attached hydrogen (secondary N) is 2. The minimum Gasteiger partial charge on any atom is -0.368 e. The Hall–Kier alpha value is -3.62. The minimum absolute atomic E-state index is 0.000770. The second-order valence-corrected chi connectivity index (χ2v) is 6.15. The molecule has 1 aromatic carbocycles. The molecule has 3 aromatic rings. The Balaban J connectivity index is 1.94. The Bertz CT molecular complexity index is 1010. The molecule has 0 saturated heterocycles. The van der Waals surface area contributed by atoms with E-state index in [1.807, 2.05) is 49.0 Å². The van der Waals surface area contributed by atoms with Gasteiger partial charge in [-0.05, 0) is 30.7 Å². The number of aryl methyl sites for hydroxylation is 1. The first-order chi connectivity index (χ1) is 12.9. The number of anilines is 3. The van der Waals surface area contributed by atoms with Crippen LogP contribution in [0.5, 0.6) is 0 Å². The number of carbonyl (C=O) groups excluding carboxylic acids is 2. The van der Waals surface area contributed by atoms with E-state index in [2.05, 4.69) is 20.6 Å². The van der Waals surface area contributed by atoms with Crippen LogP contribution in [0.25, 0.3) is 10.9 Å². The van der Waals surface area contributed by atoms with Gasteiger partial charge < -0.3 is 26.7 Å². The smallest absolute Gasteiger partial charge is 0.271 e. The van der Waals surface area contributed by atoms with Gasteiger partial charge in [0.15, 0.2) is 11.5 Å². The van der Waals surface area contributed by atoms with Crippen molar-refractivity contribution in [3.63, 3.8) is 0 Å². The number of hydrogen-bond acceptors (Lipinski definition) is 6. The Morgan fingerprint density at radius 2 is 2.04 bits per heavy atom. The maximum atomic E-state index is 11.7. The zero-order chi connectivity index (χ0) is 19.6. The van der Waals surface area contributed by atoms with E-state index < -0.39 is 17.9 Å². The number of aromatic nitrogens is 3. The highest BCUT2D eigenvalue weighted by atomic mass is 16.1. The maximum absolute atomic E-state index is 11.7. The fourth-order valence-electron chi connectivity index (χ4n) is 2.78. The Labute approximate surface area is 155 Å². The first-order valence-corrected chi connectivity index (χ1v) is 8.44. The van der Waals surface area contributed by atoms with Crippen molar-refractivity contribution < 1.29 is 9.59 Å². The summed E-state index contributed by atoms with van der Waals surface area (Å²) in [5, 5.41) is 7.02. The Kier molecular flexibility index (Phi) is 4.93. The molecule has 0 aliphatic rings. The van der Waals surface area contributed by atoms with Crippen molar-refractivity contribution in [2.45, 2.75) is 19.4 Å². The second kappa shape index (κ2) is 7.32. The van der Waals surface area contributed by atoms with Gasteiger partial charge in [0.2, 0.25) is 5.91 Å². The molecule has 27 heavy (non-hydrogen) atoms. The van der Waals surface area contributed by atoms with E-state index in [9.17, 15) is 9.59 Å². The molecule has 2 heterocycles. The van der Waals surface area contributed by atoms with Gasteiger partial charge in [0.1, 0.15) is 11.9 Å². The van der Waals surface area contributed by atoms with Crippen molar-refractivity contribution in [1.82, 2.24) is 14.5 Å². The van der Waals surface area contributed by atoms with Crippen LogP contribution in [0.2, 0.25) is 0 Å².